The molecule has 1 unspecified atom stereocenters. The second-order valence-electron chi connectivity index (χ2n) is 6.74. The lowest BCUT2D eigenvalue weighted by molar-refractivity contribution is -0.140. The SMILES string of the molecule is O=C(Nc1ccc(-c2ccccc2)cc1)C1=C(O)C(Cc2ccccc2)OC1=O. The first kappa shape index (κ1) is 18.5. The Bertz CT molecular complexity index is 1060. The molecule has 0 bridgehead atoms. The zero-order chi connectivity index (χ0) is 20.2. The van der Waals surface area contributed by atoms with Gasteiger partial charge in [-0.1, -0.05) is 72.8 Å². The average Bonchev–Trinajstić information content (AvgIpc) is 3.03. The van der Waals surface area contributed by atoms with Gasteiger partial charge in [0.2, 0.25) is 0 Å². The number of ether oxygens (including phenoxy) is 1. The van der Waals surface area contributed by atoms with Gasteiger partial charge in [-0.3, -0.25) is 4.79 Å². The first-order valence-electron chi connectivity index (χ1n) is 9.26. The number of anilines is 1. The van der Waals surface area contributed by atoms with Gasteiger partial charge in [0.15, 0.2) is 17.4 Å². The van der Waals surface area contributed by atoms with Crippen LogP contribution in [-0.4, -0.2) is 23.1 Å². The minimum Gasteiger partial charge on any atom is -0.507 e. The Kier molecular flexibility index (Phi) is 5.12. The molecule has 5 heteroatoms. The van der Waals surface area contributed by atoms with E-state index in [1.807, 2.05) is 72.8 Å². The van der Waals surface area contributed by atoms with Crippen molar-refractivity contribution in [1.29, 1.82) is 0 Å². The molecule has 0 fully saturated rings. The van der Waals surface area contributed by atoms with Crippen LogP contribution in [0.2, 0.25) is 0 Å². The molecule has 1 amide bonds. The van der Waals surface area contributed by atoms with Crippen LogP contribution in [0.1, 0.15) is 5.56 Å². The first-order valence-corrected chi connectivity index (χ1v) is 9.26. The van der Waals surface area contributed by atoms with E-state index in [4.69, 9.17) is 4.74 Å². The number of hydrogen-bond acceptors (Lipinski definition) is 4. The molecular weight excluding hydrogens is 366 g/mol. The minimum atomic E-state index is -0.855. The predicted octanol–water partition coefficient (Wildman–Crippen LogP) is 4.27. The van der Waals surface area contributed by atoms with E-state index in [-0.39, 0.29) is 11.3 Å². The summed E-state index contributed by atoms with van der Waals surface area (Å²) in [5, 5.41) is 13.0. The van der Waals surface area contributed by atoms with Gasteiger partial charge >= 0.3 is 5.97 Å². The maximum atomic E-state index is 12.6. The monoisotopic (exact) mass is 385 g/mol. The maximum Gasteiger partial charge on any atom is 0.348 e. The molecule has 0 aromatic heterocycles. The van der Waals surface area contributed by atoms with E-state index in [2.05, 4.69) is 5.32 Å². The quantitative estimate of drug-likeness (QED) is 0.508. The Morgan fingerprint density at radius 2 is 1.45 bits per heavy atom. The van der Waals surface area contributed by atoms with Gasteiger partial charge < -0.3 is 15.2 Å². The zero-order valence-corrected chi connectivity index (χ0v) is 15.5. The third kappa shape index (κ3) is 4.04. The number of aliphatic hydroxyl groups excluding tert-OH is 1. The summed E-state index contributed by atoms with van der Waals surface area (Å²) in [7, 11) is 0. The molecule has 3 aromatic carbocycles. The number of aliphatic hydroxyl groups is 1. The van der Waals surface area contributed by atoms with Gasteiger partial charge in [-0.15, -0.1) is 0 Å². The van der Waals surface area contributed by atoms with Gasteiger partial charge in [0, 0.05) is 12.1 Å². The number of rotatable bonds is 5. The van der Waals surface area contributed by atoms with E-state index in [0.29, 0.717) is 12.1 Å². The topological polar surface area (TPSA) is 75.6 Å². The molecule has 2 N–H and O–H groups in total. The van der Waals surface area contributed by atoms with Crippen molar-refractivity contribution in [3.63, 3.8) is 0 Å². The van der Waals surface area contributed by atoms with Crippen molar-refractivity contribution in [2.75, 3.05) is 5.32 Å². The highest BCUT2D eigenvalue weighted by Crippen LogP contribution is 2.26. The van der Waals surface area contributed by atoms with Crippen molar-refractivity contribution in [1.82, 2.24) is 0 Å². The van der Waals surface area contributed by atoms with Crippen molar-refractivity contribution >= 4 is 17.6 Å². The summed E-state index contributed by atoms with van der Waals surface area (Å²) in [4.78, 5) is 24.7. The highest BCUT2D eigenvalue weighted by molar-refractivity contribution is 6.22. The largest absolute Gasteiger partial charge is 0.507 e. The number of amides is 1. The Morgan fingerprint density at radius 1 is 0.862 bits per heavy atom. The van der Waals surface area contributed by atoms with Crippen LogP contribution in [-0.2, 0) is 20.7 Å². The molecule has 0 aliphatic carbocycles. The predicted molar refractivity (Wildman–Crippen MR) is 110 cm³/mol. The lowest BCUT2D eigenvalue weighted by Crippen LogP contribution is -2.19. The number of carbonyl (C=O) groups is 2. The summed E-state index contributed by atoms with van der Waals surface area (Å²) in [5.74, 6) is -1.84. The van der Waals surface area contributed by atoms with Crippen molar-refractivity contribution in [2.24, 2.45) is 0 Å². The number of benzene rings is 3. The van der Waals surface area contributed by atoms with Gasteiger partial charge in [0.1, 0.15) is 0 Å². The molecule has 1 heterocycles. The normalized spacial score (nSPS) is 15.9. The summed E-state index contributed by atoms with van der Waals surface area (Å²) in [6, 6.07) is 26.4. The Labute approximate surface area is 168 Å². The van der Waals surface area contributed by atoms with Crippen LogP contribution in [0.3, 0.4) is 0 Å². The highest BCUT2D eigenvalue weighted by Gasteiger charge is 2.38. The van der Waals surface area contributed by atoms with Gasteiger partial charge in [-0.25, -0.2) is 4.79 Å². The summed E-state index contributed by atoms with van der Waals surface area (Å²) in [6.45, 7) is 0. The number of esters is 1. The average molecular weight is 385 g/mol. The van der Waals surface area contributed by atoms with Crippen molar-refractivity contribution in [3.05, 3.63) is 102 Å². The molecule has 1 atom stereocenters. The Balaban J connectivity index is 1.48. The molecule has 0 saturated heterocycles. The first-order chi connectivity index (χ1) is 14.1. The number of hydrogen-bond donors (Lipinski definition) is 2. The second-order valence-corrected chi connectivity index (χ2v) is 6.74. The third-order valence-electron chi connectivity index (χ3n) is 4.76. The Hall–Kier alpha value is -3.86. The summed E-state index contributed by atoms with van der Waals surface area (Å²) >= 11 is 0. The highest BCUT2D eigenvalue weighted by atomic mass is 16.6. The summed E-state index contributed by atoms with van der Waals surface area (Å²) in [5.41, 5.74) is 3.14. The van der Waals surface area contributed by atoms with E-state index in [9.17, 15) is 14.7 Å². The van der Waals surface area contributed by atoms with Gasteiger partial charge in [0.25, 0.3) is 5.91 Å². The molecule has 1 aliphatic rings. The van der Waals surface area contributed by atoms with E-state index in [0.717, 1.165) is 16.7 Å². The van der Waals surface area contributed by atoms with Crippen molar-refractivity contribution < 1.29 is 19.4 Å². The fourth-order valence-electron chi connectivity index (χ4n) is 3.26. The summed E-state index contributed by atoms with van der Waals surface area (Å²) in [6.07, 6.45) is -0.549. The van der Waals surface area contributed by atoms with Crippen LogP contribution < -0.4 is 5.32 Å². The fraction of sp³-hybridized carbons (Fsp3) is 0.0833. The van der Waals surface area contributed by atoms with Gasteiger partial charge in [-0.2, -0.15) is 0 Å². The lowest BCUT2D eigenvalue weighted by atomic mass is 10.0. The van der Waals surface area contributed by atoms with Crippen molar-refractivity contribution in [3.8, 4) is 11.1 Å². The van der Waals surface area contributed by atoms with Crippen LogP contribution in [0, 0.1) is 0 Å². The molecule has 0 radical (unpaired) electrons. The molecule has 0 spiro atoms. The van der Waals surface area contributed by atoms with Crippen LogP contribution in [0.25, 0.3) is 11.1 Å². The van der Waals surface area contributed by atoms with Crippen LogP contribution >= 0.6 is 0 Å². The molecule has 4 rings (SSSR count). The molecule has 29 heavy (non-hydrogen) atoms. The number of cyclic esters (lactones) is 1. The van der Waals surface area contributed by atoms with Gasteiger partial charge in [0.05, 0.1) is 0 Å². The molecule has 0 saturated carbocycles. The second kappa shape index (κ2) is 8.02. The van der Waals surface area contributed by atoms with Crippen LogP contribution in [0.4, 0.5) is 5.69 Å². The number of carbonyl (C=O) groups excluding carboxylic acids is 2. The standard InChI is InChI=1S/C24H19NO4/c26-22-20(15-16-7-3-1-4-8-16)29-24(28)21(22)23(27)25-19-13-11-18(12-14-19)17-9-5-2-6-10-17/h1-14,20,26H,15H2,(H,25,27). The minimum absolute atomic E-state index is 0.307. The molecule has 1 aliphatic heterocycles. The van der Waals surface area contributed by atoms with Crippen LogP contribution in [0.5, 0.6) is 0 Å². The van der Waals surface area contributed by atoms with E-state index in [1.165, 1.54) is 0 Å². The van der Waals surface area contributed by atoms with E-state index in [1.54, 1.807) is 12.1 Å². The zero-order valence-electron chi connectivity index (χ0n) is 15.5. The van der Waals surface area contributed by atoms with Crippen molar-refractivity contribution in [2.45, 2.75) is 12.5 Å². The van der Waals surface area contributed by atoms with Gasteiger partial charge in [-0.05, 0) is 28.8 Å². The smallest absolute Gasteiger partial charge is 0.348 e. The molecule has 144 valence electrons. The Morgan fingerprint density at radius 3 is 2.10 bits per heavy atom. The molecular formula is C24H19NO4. The molecule has 5 nitrogen and oxygen atoms in total. The lowest BCUT2D eigenvalue weighted by Gasteiger charge is -2.09. The number of nitrogens with one attached hydrogen (secondary N) is 1. The third-order valence-corrected chi connectivity index (χ3v) is 4.76. The van der Waals surface area contributed by atoms with E-state index >= 15 is 0 Å². The molecule has 3 aromatic rings. The summed E-state index contributed by atoms with van der Waals surface area (Å²) < 4.78 is 5.20. The fourth-order valence-corrected chi connectivity index (χ4v) is 3.26. The van der Waals surface area contributed by atoms with Crippen LogP contribution in [0.15, 0.2) is 96.3 Å². The van der Waals surface area contributed by atoms with E-state index < -0.39 is 18.0 Å². The maximum absolute atomic E-state index is 12.6.